The molecule has 31 heavy (non-hydrogen) atoms. The van der Waals surface area contributed by atoms with Gasteiger partial charge in [-0.05, 0) is 47.8 Å². The number of aromatic nitrogens is 2. The van der Waals surface area contributed by atoms with Gasteiger partial charge in [-0.2, -0.15) is 0 Å². The number of nitrogens with zero attached hydrogens (tertiary/aromatic N) is 2. The number of aliphatic hydroxyl groups excluding tert-OH is 1. The van der Waals surface area contributed by atoms with Crippen molar-refractivity contribution in [2.24, 2.45) is 0 Å². The molecule has 0 unspecified atom stereocenters. The van der Waals surface area contributed by atoms with Crippen molar-refractivity contribution in [3.8, 4) is 0 Å². The Balaban J connectivity index is 1.68. The summed E-state index contributed by atoms with van der Waals surface area (Å²) < 4.78 is 0. The predicted molar refractivity (Wildman–Crippen MR) is 129 cm³/mol. The molecule has 2 N–H and O–H groups in total. The van der Waals surface area contributed by atoms with Crippen LogP contribution in [0.1, 0.15) is 60.5 Å². The molecule has 0 fully saturated rings. The first-order valence-electron chi connectivity index (χ1n) is 10.3. The maximum atomic E-state index is 12.6. The van der Waals surface area contributed by atoms with E-state index in [4.69, 9.17) is 0 Å². The minimum Gasteiger partial charge on any atom is -0.508 e. The zero-order chi connectivity index (χ0) is 22.2. The third-order valence-electron chi connectivity index (χ3n) is 4.64. The Morgan fingerprint density at radius 1 is 1.23 bits per heavy atom. The average Bonchev–Trinajstić information content (AvgIpc) is 3.22. The summed E-state index contributed by atoms with van der Waals surface area (Å²) in [5.74, 6) is 0.899. The Morgan fingerprint density at radius 2 is 2.03 bits per heavy atom. The van der Waals surface area contributed by atoms with Crippen LogP contribution in [0.5, 0.6) is 0 Å². The van der Waals surface area contributed by atoms with Crippen LogP contribution < -0.4 is 5.32 Å². The molecular formula is C25H27N3O2S. The molecule has 0 atom stereocenters. The molecule has 0 aliphatic rings. The molecule has 0 aliphatic carbocycles. The molecular weight excluding hydrogens is 406 g/mol. The van der Waals surface area contributed by atoms with E-state index in [-0.39, 0.29) is 18.1 Å². The summed E-state index contributed by atoms with van der Waals surface area (Å²) in [4.78, 5) is 21.4. The third kappa shape index (κ3) is 6.36. The lowest BCUT2D eigenvalue weighted by Crippen LogP contribution is -2.16. The Bertz CT molecular complexity index is 1100. The first kappa shape index (κ1) is 22.4. The van der Waals surface area contributed by atoms with Crippen LogP contribution in [0.3, 0.4) is 0 Å². The van der Waals surface area contributed by atoms with Crippen LogP contribution >= 0.6 is 11.3 Å². The van der Waals surface area contributed by atoms with Crippen LogP contribution in [-0.4, -0.2) is 21.0 Å². The Kier molecular flexibility index (Phi) is 7.73. The van der Waals surface area contributed by atoms with Crippen molar-refractivity contribution in [3.63, 3.8) is 0 Å². The molecule has 2 aromatic heterocycles. The number of benzene rings is 1. The van der Waals surface area contributed by atoms with Gasteiger partial charge in [0.25, 0.3) is 0 Å². The number of anilines is 1. The van der Waals surface area contributed by atoms with Crippen molar-refractivity contribution < 1.29 is 9.90 Å². The fourth-order valence-corrected chi connectivity index (χ4v) is 3.89. The highest BCUT2D eigenvalue weighted by Crippen LogP contribution is 2.21. The van der Waals surface area contributed by atoms with E-state index < -0.39 is 0 Å². The topological polar surface area (TPSA) is 75.1 Å². The van der Waals surface area contributed by atoms with Gasteiger partial charge in [-0.25, -0.2) is 9.97 Å². The molecule has 1 aromatic carbocycles. The van der Waals surface area contributed by atoms with Crippen molar-refractivity contribution in [1.82, 2.24) is 9.97 Å². The van der Waals surface area contributed by atoms with Gasteiger partial charge in [-0.15, -0.1) is 11.3 Å². The van der Waals surface area contributed by atoms with Crippen LogP contribution in [0.2, 0.25) is 0 Å². The zero-order valence-corrected chi connectivity index (χ0v) is 18.8. The lowest BCUT2D eigenvalue weighted by Gasteiger charge is -2.09. The van der Waals surface area contributed by atoms with Crippen LogP contribution in [0.25, 0.3) is 17.9 Å². The highest BCUT2D eigenvalue weighted by molar-refractivity contribution is 7.10. The summed E-state index contributed by atoms with van der Waals surface area (Å²) in [6, 6.07) is 11.1. The van der Waals surface area contributed by atoms with Crippen LogP contribution in [-0.2, 0) is 11.2 Å². The van der Waals surface area contributed by atoms with Gasteiger partial charge in [0, 0.05) is 17.1 Å². The molecule has 0 spiro atoms. The average molecular weight is 434 g/mol. The lowest BCUT2D eigenvalue weighted by atomic mass is 10.0. The first-order chi connectivity index (χ1) is 15.0. The summed E-state index contributed by atoms with van der Waals surface area (Å²) in [5.41, 5.74) is 3.46. The number of thiazole rings is 1. The SMILES string of the molecule is CC/C=C(\O)c1ccccc1CC(=O)Nc1cc(/C=C/c2nc(C(C)C)cs2)ccn1. The van der Waals surface area contributed by atoms with E-state index in [0.29, 0.717) is 17.3 Å². The van der Waals surface area contributed by atoms with E-state index >= 15 is 0 Å². The minimum atomic E-state index is -0.188. The summed E-state index contributed by atoms with van der Waals surface area (Å²) >= 11 is 1.61. The lowest BCUT2D eigenvalue weighted by molar-refractivity contribution is -0.115. The maximum absolute atomic E-state index is 12.6. The zero-order valence-electron chi connectivity index (χ0n) is 18.0. The van der Waals surface area contributed by atoms with Gasteiger partial charge in [0.2, 0.25) is 5.91 Å². The number of carbonyl (C=O) groups is 1. The molecule has 2 heterocycles. The fraction of sp³-hybridized carbons (Fsp3) is 0.240. The van der Waals surface area contributed by atoms with Crippen LogP contribution in [0.15, 0.2) is 54.1 Å². The molecule has 5 nitrogen and oxygen atoms in total. The van der Waals surface area contributed by atoms with E-state index in [1.807, 2.05) is 55.5 Å². The number of hydrogen-bond acceptors (Lipinski definition) is 5. The number of aliphatic hydroxyl groups is 1. The normalized spacial score (nSPS) is 11.9. The number of hydrogen-bond donors (Lipinski definition) is 2. The Morgan fingerprint density at radius 3 is 2.77 bits per heavy atom. The number of pyridine rings is 1. The fourth-order valence-electron chi connectivity index (χ4n) is 3.02. The summed E-state index contributed by atoms with van der Waals surface area (Å²) in [6.45, 7) is 6.21. The number of carbonyl (C=O) groups excluding carboxylic acids is 1. The van der Waals surface area contributed by atoms with Gasteiger partial charge in [0.1, 0.15) is 16.6 Å². The van der Waals surface area contributed by atoms with Crippen molar-refractivity contribution >= 4 is 41.0 Å². The molecule has 1 amide bonds. The summed E-state index contributed by atoms with van der Waals surface area (Å²) in [7, 11) is 0. The summed E-state index contributed by atoms with van der Waals surface area (Å²) in [5, 5.41) is 16.1. The van der Waals surface area contributed by atoms with E-state index in [1.165, 1.54) is 0 Å². The third-order valence-corrected chi connectivity index (χ3v) is 5.47. The molecule has 0 aliphatic heterocycles. The van der Waals surface area contributed by atoms with Crippen LogP contribution in [0.4, 0.5) is 5.82 Å². The van der Waals surface area contributed by atoms with E-state index in [2.05, 4.69) is 34.5 Å². The second-order valence-electron chi connectivity index (χ2n) is 7.45. The molecule has 3 rings (SSSR count). The first-order valence-corrected chi connectivity index (χ1v) is 11.2. The molecule has 160 valence electrons. The number of nitrogens with one attached hydrogen (secondary N) is 1. The Labute approximate surface area is 187 Å². The summed E-state index contributed by atoms with van der Waals surface area (Å²) in [6.07, 6.45) is 8.20. The quantitative estimate of drug-likeness (QED) is 0.408. The van der Waals surface area contributed by atoms with Gasteiger partial charge in [-0.3, -0.25) is 4.79 Å². The van der Waals surface area contributed by atoms with E-state index in [9.17, 15) is 9.90 Å². The van der Waals surface area contributed by atoms with Crippen molar-refractivity contribution in [1.29, 1.82) is 0 Å². The van der Waals surface area contributed by atoms with E-state index in [0.717, 1.165) is 28.2 Å². The molecule has 0 radical (unpaired) electrons. The minimum absolute atomic E-state index is 0.149. The van der Waals surface area contributed by atoms with Gasteiger partial charge >= 0.3 is 0 Å². The Hall–Kier alpha value is -3.25. The molecule has 6 heteroatoms. The van der Waals surface area contributed by atoms with Crippen molar-refractivity contribution in [3.05, 3.63) is 81.4 Å². The second kappa shape index (κ2) is 10.7. The predicted octanol–water partition coefficient (Wildman–Crippen LogP) is 6.32. The second-order valence-corrected chi connectivity index (χ2v) is 8.34. The van der Waals surface area contributed by atoms with Crippen molar-refractivity contribution in [2.45, 2.75) is 39.5 Å². The highest BCUT2D eigenvalue weighted by Gasteiger charge is 2.11. The van der Waals surface area contributed by atoms with Crippen LogP contribution in [0, 0.1) is 0 Å². The molecule has 0 saturated carbocycles. The number of rotatable bonds is 8. The monoisotopic (exact) mass is 433 g/mol. The van der Waals surface area contributed by atoms with Gasteiger partial charge in [0.05, 0.1) is 12.1 Å². The van der Waals surface area contributed by atoms with Gasteiger partial charge in [-0.1, -0.05) is 51.1 Å². The molecule has 3 aromatic rings. The number of allylic oxidation sites excluding steroid dienone is 1. The van der Waals surface area contributed by atoms with Gasteiger partial charge in [0.15, 0.2) is 0 Å². The number of amides is 1. The highest BCUT2D eigenvalue weighted by atomic mass is 32.1. The van der Waals surface area contributed by atoms with Crippen molar-refractivity contribution in [2.75, 3.05) is 5.32 Å². The maximum Gasteiger partial charge on any atom is 0.229 e. The molecule has 0 saturated heterocycles. The molecule has 0 bridgehead atoms. The van der Waals surface area contributed by atoms with Gasteiger partial charge < -0.3 is 10.4 Å². The largest absolute Gasteiger partial charge is 0.508 e. The standard InChI is InChI=1S/C25H27N3O2S/c1-4-7-22(29)20-9-6-5-8-19(20)15-24(30)28-23-14-18(12-13-26-23)10-11-25-27-21(16-31-25)17(2)3/h5-14,16-17,29H,4,15H2,1-3H3,(H,26,28,30)/b11-10+,22-7-. The smallest absolute Gasteiger partial charge is 0.229 e. The van der Waals surface area contributed by atoms with E-state index in [1.54, 1.807) is 23.6 Å².